The molecule has 0 rings (SSSR count). The minimum atomic E-state index is -0.0783. The molecule has 5 heteroatoms. The maximum absolute atomic E-state index is 5.44. The van der Waals surface area contributed by atoms with E-state index in [-0.39, 0.29) is 12.8 Å². The maximum atomic E-state index is 5.44. The van der Waals surface area contributed by atoms with Crippen LogP contribution >= 0.6 is 12.0 Å². The van der Waals surface area contributed by atoms with E-state index in [2.05, 4.69) is 0 Å². The third-order valence-electron chi connectivity index (χ3n) is 0.884. The zero-order valence-electron chi connectivity index (χ0n) is 6.08. The van der Waals surface area contributed by atoms with Gasteiger partial charge in [-0.05, 0) is 12.0 Å². The zero-order chi connectivity index (χ0) is 7.82. The van der Waals surface area contributed by atoms with Gasteiger partial charge in [-0.25, -0.2) is 0 Å². The molecular weight excluding hydrogens is 152 g/mol. The molecule has 10 heavy (non-hydrogen) atoms. The Morgan fingerprint density at radius 2 is 2.30 bits per heavy atom. The fourth-order valence-electron chi connectivity index (χ4n) is 0.350. The number of ether oxygens (including phenoxy) is 1. The molecule has 1 atom stereocenters. The summed E-state index contributed by atoms with van der Waals surface area (Å²) >= 11 is 1.26. The van der Waals surface area contributed by atoms with Crippen LogP contribution in [0.4, 0.5) is 0 Å². The van der Waals surface area contributed by atoms with E-state index in [9.17, 15) is 0 Å². The lowest BCUT2D eigenvalue weighted by Crippen LogP contribution is -2.34. The smallest absolute Gasteiger partial charge is 0.160 e. The van der Waals surface area contributed by atoms with E-state index in [1.807, 2.05) is 6.26 Å². The normalized spacial score (nSPS) is 13.5. The van der Waals surface area contributed by atoms with Gasteiger partial charge in [-0.2, -0.15) is 0 Å². The Balaban J connectivity index is 2.89. The first-order valence-corrected chi connectivity index (χ1v) is 4.15. The number of hydrogen-bond donors (Lipinski definition) is 2. The Kier molecular flexibility index (Phi) is 7.44. The first-order valence-electron chi connectivity index (χ1n) is 3.00. The van der Waals surface area contributed by atoms with E-state index in [0.29, 0.717) is 13.2 Å². The summed E-state index contributed by atoms with van der Waals surface area (Å²) in [6.45, 7) is 1.17. The van der Waals surface area contributed by atoms with Crippen molar-refractivity contribution in [3.8, 4) is 0 Å². The van der Waals surface area contributed by atoms with Crippen LogP contribution in [0.25, 0.3) is 0 Å². The molecule has 0 aliphatic heterocycles. The second-order valence-electron chi connectivity index (χ2n) is 1.77. The maximum Gasteiger partial charge on any atom is 0.160 e. The van der Waals surface area contributed by atoms with Crippen LogP contribution in [0.3, 0.4) is 0 Å². The first kappa shape index (κ1) is 10.2. The van der Waals surface area contributed by atoms with Gasteiger partial charge in [0, 0.05) is 18.8 Å². The van der Waals surface area contributed by atoms with Crippen LogP contribution in [-0.2, 0) is 8.92 Å². The molecule has 0 radical (unpaired) electrons. The molecule has 0 unspecified atom stereocenters. The van der Waals surface area contributed by atoms with Gasteiger partial charge in [0.05, 0.1) is 6.61 Å². The molecule has 62 valence electrons. The quantitative estimate of drug-likeness (QED) is 0.317. The highest BCUT2D eigenvalue weighted by Crippen LogP contribution is 1.93. The van der Waals surface area contributed by atoms with E-state index >= 15 is 0 Å². The molecule has 0 heterocycles. The van der Waals surface area contributed by atoms with Gasteiger partial charge in [0.25, 0.3) is 0 Å². The summed E-state index contributed by atoms with van der Waals surface area (Å²) in [4.78, 5) is 0. The van der Waals surface area contributed by atoms with E-state index in [1.54, 1.807) is 0 Å². The summed E-state index contributed by atoms with van der Waals surface area (Å²) in [6, 6.07) is -0.0783. The molecule has 0 aromatic carbocycles. The Hall–Kier alpha value is 0.190. The van der Waals surface area contributed by atoms with Gasteiger partial charge in [-0.15, -0.1) is 0 Å². The summed E-state index contributed by atoms with van der Waals surface area (Å²) in [5.41, 5.74) is 10.7. The highest BCUT2D eigenvalue weighted by Gasteiger charge is 1.97. The fraction of sp³-hybridized carbons (Fsp3) is 1.00. The minimum Gasteiger partial charge on any atom is -0.353 e. The molecule has 0 aromatic rings. The van der Waals surface area contributed by atoms with Crippen LogP contribution in [0.1, 0.15) is 0 Å². The van der Waals surface area contributed by atoms with Crippen molar-refractivity contribution in [1.29, 1.82) is 0 Å². The fourth-order valence-corrected chi connectivity index (χ4v) is 0.514. The molecule has 4 N–H and O–H groups in total. The third kappa shape index (κ3) is 6.31. The Labute approximate surface area is 65.4 Å². The van der Waals surface area contributed by atoms with E-state index in [1.165, 1.54) is 12.0 Å². The number of rotatable bonds is 6. The van der Waals surface area contributed by atoms with Gasteiger partial charge in [0.1, 0.15) is 0 Å². The van der Waals surface area contributed by atoms with Crippen molar-refractivity contribution in [2.75, 3.05) is 26.2 Å². The van der Waals surface area contributed by atoms with E-state index in [0.717, 1.165) is 0 Å². The van der Waals surface area contributed by atoms with Crippen LogP contribution in [0, 0.1) is 0 Å². The highest BCUT2D eigenvalue weighted by atomic mass is 32.2. The van der Waals surface area contributed by atoms with Gasteiger partial charge in [0.15, 0.2) is 6.79 Å². The predicted molar refractivity (Wildman–Crippen MR) is 42.4 cm³/mol. The Morgan fingerprint density at radius 1 is 1.60 bits per heavy atom. The molecule has 0 amide bonds. The van der Waals surface area contributed by atoms with Gasteiger partial charge in [0.2, 0.25) is 0 Å². The van der Waals surface area contributed by atoms with E-state index < -0.39 is 0 Å². The number of hydrogen-bond acceptors (Lipinski definition) is 5. The number of nitrogens with two attached hydrogens (primary N) is 2. The summed E-state index contributed by atoms with van der Waals surface area (Å²) in [6.07, 6.45) is 1.83. The summed E-state index contributed by atoms with van der Waals surface area (Å²) in [5, 5.41) is 0. The average molecular weight is 166 g/mol. The monoisotopic (exact) mass is 166 g/mol. The summed E-state index contributed by atoms with van der Waals surface area (Å²) < 4.78 is 9.81. The first-order chi connectivity index (χ1) is 4.81. The highest BCUT2D eigenvalue weighted by molar-refractivity contribution is 7.93. The van der Waals surface area contributed by atoms with Gasteiger partial charge in [-0.3, -0.25) is 4.18 Å². The topological polar surface area (TPSA) is 70.5 Å². The molecule has 0 aliphatic carbocycles. The van der Waals surface area contributed by atoms with Gasteiger partial charge >= 0.3 is 0 Å². The van der Waals surface area contributed by atoms with Crippen molar-refractivity contribution in [2.24, 2.45) is 11.5 Å². The lowest BCUT2D eigenvalue weighted by molar-refractivity contribution is 0.0221. The SMILES string of the molecule is CSOCOC[C@@H](N)CN. The molecule has 0 saturated carbocycles. The van der Waals surface area contributed by atoms with Crippen LogP contribution in [0.15, 0.2) is 0 Å². The van der Waals surface area contributed by atoms with Crippen molar-refractivity contribution in [2.45, 2.75) is 6.04 Å². The molecule has 0 aliphatic rings. The lowest BCUT2D eigenvalue weighted by Gasteiger charge is -2.07. The van der Waals surface area contributed by atoms with Crippen molar-refractivity contribution >= 4 is 12.0 Å². The van der Waals surface area contributed by atoms with Gasteiger partial charge in [-0.1, -0.05) is 0 Å². The summed E-state index contributed by atoms with van der Waals surface area (Å²) in [5.74, 6) is 0. The molecular formula is C5H14N2O2S. The molecule has 0 fully saturated rings. The second kappa shape index (κ2) is 7.30. The van der Waals surface area contributed by atoms with Crippen LogP contribution < -0.4 is 11.5 Å². The van der Waals surface area contributed by atoms with Crippen LogP contribution in [-0.4, -0.2) is 32.2 Å². The minimum absolute atomic E-state index is 0.0783. The van der Waals surface area contributed by atoms with E-state index in [4.69, 9.17) is 20.4 Å². The van der Waals surface area contributed by atoms with Gasteiger partial charge < -0.3 is 16.2 Å². The predicted octanol–water partition coefficient (Wildman–Crippen LogP) is -0.459. The largest absolute Gasteiger partial charge is 0.353 e. The van der Waals surface area contributed by atoms with Crippen LogP contribution in [0.2, 0.25) is 0 Å². The van der Waals surface area contributed by atoms with Crippen LogP contribution in [0.5, 0.6) is 0 Å². The average Bonchev–Trinajstić information content (AvgIpc) is 1.98. The molecule has 0 aromatic heterocycles. The Morgan fingerprint density at radius 3 is 2.80 bits per heavy atom. The molecule has 0 spiro atoms. The molecule has 4 nitrogen and oxygen atoms in total. The zero-order valence-corrected chi connectivity index (χ0v) is 6.89. The standard InChI is InChI=1S/C5H14N2O2S/c1-10-9-4-8-3-5(7)2-6/h5H,2-4,6-7H2,1H3/t5-/m0/s1. The van der Waals surface area contributed by atoms with Crippen molar-refractivity contribution in [3.63, 3.8) is 0 Å². The molecule has 0 saturated heterocycles. The third-order valence-corrected chi connectivity index (χ3v) is 1.22. The summed E-state index contributed by atoms with van der Waals surface area (Å²) in [7, 11) is 0. The molecule has 0 bridgehead atoms. The van der Waals surface area contributed by atoms with Crippen molar-refractivity contribution in [3.05, 3.63) is 0 Å². The Bertz CT molecular complexity index is 74.7. The second-order valence-corrected chi connectivity index (χ2v) is 2.34. The van der Waals surface area contributed by atoms with Crippen molar-refractivity contribution < 1.29 is 8.92 Å². The van der Waals surface area contributed by atoms with Crippen molar-refractivity contribution in [1.82, 2.24) is 0 Å². The lowest BCUT2D eigenvalue weighted by atomic mass is 10.3.